The number of hydrogen-bond donors (Lipinski definition) is 1. The fourth-order valence-corrected chi connectivity index (χ4v) is 2.72. The predicted octanol–water partition coefficient (Wildman–Crippen LogP) is 3.66. The molecule has 0 bridgehead atoms. The van der Waals surface area contributed by atoms with E-state index in [-0.39, 0.29) is 16.7 Å². The highest BCUT2D eigenvalue weighted by molar-refractivity contribution is 5.44. The lowest BCUT2D eigenvalue weighted by Crippen LogP contribution is -2.24. The first kappa shape index (κ1) is 15.8. The van der Waals surface area contributed by atoms with Crippen molar-refractivity contribution < 1.29 is 9.66 Å². The Balaban J connectivity index is 2.11. The van der Waals surface area contributed by atoms with E-state index in [9.17, 15) is 10.1 Å². The van der Waals surface area contributed by atoms with Crippen LogP contribution in [0.5, 0.6) is 5.75 Å². The summed E-state index contributed by atoms with van der Waals surface area (Å²) in [7, 11) is 0. The molecule has 1 aliphatic carbocycles. The summed E-state index contributed by atoms with van der Waals surface area (Å²) in [4.78, 5) is 10.5. The highest BCUT2D eigenvalue weighted by Gasteiger charge is 2.21. The fourth-order valence-electron chi connectivity index (χ4n) is 2.72. The van der Waals surface area contributed by atoms with Gasteiger partial charge in [-0.3, -0.25) is 10.1 Å². The Labute approximate surface area is 125 Å². The standard InChI is InChI=1S/C16H24N2O3/c1-3-17-11-13-10-14(18(19)20)6-9-16(13)21-15-7-4-12(2)5-8-15/h6,9-10,12,15,17H,3-5,7-8,11H2,1-2H3. The summed E-state index contributed by atoms with van der Waals surface area (Å²) in [5.74, 6) is 1.56. The summed E-state index contributed by atoms with van der Waals surface area (Å²) in [5, 5.41) is 14.1. The summed E-state index contributed by atoms with van der Waals surface area (Å²) in [6.07, 6.45) is 4.76. The second-order valence-corrected chi connectivity index (χ2v) is 5.83. The lowest BCUT2D eigenvalue weighted by atomic mass is 9.89. The van der Waals surface area contributed by atoms with Crippen LogP contribution in [0.1, 0.15) is 45.1 Å². The Kier molecular flexibility index (Phi) is 5.56. The van der Waals surface area contributed by atoms with Crippen molar-refractivity contribution in [3.05, 3.63) is 33.9 Å². The number of hydrogen-bond acceptors (Lipinski definition) is 4. The first-order valence-corrected chi connectivity index (χ1v) is 7.74. The van der Waals surface area contributed by atoms with Gasteiger partial charge in [0.15, 0.2) is 0 Å². The van der Waals surface area contributed by atoms with Crippen molar-refractivity contribution >= 4 is 5.69 Å². The van der Waals surface area contributed by atoms with Crippen LogP contribution >= 0.6 is 0 Å². The number of benzene rings is 1. The Morgan fingerprint density at radius 1 is 1.33 bits per heavy atom. The summed E-state index contributed by atoms with van der Waals surface area (Å²) in [6.45, 7) is 5.71. The number of nitro benzene ring substituents is 1. The van der Waals surface area contributed by atoms with Crippen molar-refractivity contribution in [2.24, 2.45) is 5.92 Å². The average molecular weight is 292 g/mol. The molecular weight excluding hydrogens is 268 g/mol. The van der Waals surface area contributed by atoms with Gasteiger partial charge in [0.25, 0.3) is 5.69 Å². The average Bonchev–Trinajstić information content (AvgIpc) is 2.48. The van der Waals surface area contributed by atoms with Gasteiger partial charge in [-0.25, -0.2) is 0 Å². The Morgan fingerprint density at radius 3 is 2.67 bits per heavy atom. The second-order valence-electron chi connectivity index (χ2n) is 5.83. The second kappa shape index (κ2) is 7.41. The molecule has 1 aromatic rings. The monoisotopic (exact) mass is 292 g/mol. The summed E-state index contributed by atoms with van der Waals surface area (Å²) >= 11 is 0. The third-order valence-corrected chi connectivity index (χ3v) is 4.08. The lowest BCUT2D eigenvalue weighted by Gasteiger charge is -2.27. The molecule has 1 saturated carbocycles. The maximum Gasteiger partial charge on any atom is 0.270 e. The zero-order valence-corrected chi connectivity index (χ0v) is 12.8. The Bertz CT molecular complexity index is 482. The summed E-state index contributed by atoms with van der Waals surface area (Å²) in [5.41, 5.74) is 0.984. The number of ether oxygens (including phenoxy) is 1. The lowest BCUT2D eigenvalue weighted by molar-refractivity contribution is -0.384. The highest BCUT2D eigenvalue weighted by atomic mass is 16.6. The van der Waals surface area contributed by atoms with Crippen LogP contribution in [-0.2, 0) is 6.54 Å². The van der Waals surface area contributed by atoms with E-state index < -0.39 is 0 Å². The molecule has 5 heteroatoms. The van der Waals surface area contributed by atoms with E-state index in [2.05, 4.69) is 12.2 Å². The molecule has 0 saturated heterocycles. The van der Waals surface area contributed by atoms with Crippen molar-refractivity contribution in [3.63, 3.8) is 0 Å². The molecule has 1 N–H and O–H groups in total. The van der Waals surface area contributed by atoms with Crippen LogP contribution in [-0.4, -0.2) is 17.6 Å². The van der Waals surface area contributed by atoms with Crippen LogP contribution in [0.3, 0.4) is 0 Å². The molecule has 1 fully saturated rings. The molecule has 0 aromatic heterocycles. The first-order valence-electron chi connectivity index (χ1n) is 7.74. The van der Waals surface area contributed by atoms with E-state index in [1.165, 1.54) is 18.9 Å². The molecule has 2 rings (SSSR count). The summed E-state index contributed by atoms with van der Waals surface area (Å²) < 4.78 is 6.10. The van der Waals surface area contributed by atoms with Gasteiger partial charge in [0, 0.05) is 24.2 Å². The molecular formula is C16H24N2O3. The summed E-state index contributed by atoms with van der Waals surface area (Å²) in [6, 6.07) is 4.88. The van der Waals surface area contributed by atoms with Crippen molar-refractivity contribution in [3.8, 4) is 5.75 Å². The maximum absolute atomic E-state index is 10.9. The molecule has 0 heterocycles. The fraction of sp³-hybridized carbons (Fsp3) is 0.625. The van der Waals surface area contributed by atoms with Crippen LogP contribution in [0.15, 0.2) is 18.2 Å². The molecule has 5 nitrogen and oxygen atoms in total. The molecule has 1 aliphatic rings. The van der Waals surface area contributed by atoms with E-state index in [4.69, 9.17) is 4.74 Å². The van der Waals surface area contributed by atoms with Gasteiger partial charge < -0.3 is 10.1 Å². The number of rotatable bonds is 6. The van der Waals surface area contributed by atoms with Crippen molar-refractivity contribution in [1.82, 2.24) is 5.32 Å². The quantitative estimate of drug-likeness (QED) is 0.642. The minimum Gasteiger partial charge on any atom is -0.490 e. The molecule has 1 aromatic carbocycles. The third-order valence-electron chi connectivity index (χ3n) is 4.08. The minimum absolute atomic E-state index is 0.118. The van der Waals surface area contributed by atoms with E-state index in [0.717, 1.165) is 36.6 Å². The third kappa shape index (κ3) is 4.43. The molecule has 0 atom stereocenters. The normalized spacial score (nSPS) is 22.0. The molecule has 0 aliphatic heterocycles. The topological polar surface area (TPSA) is 64.4 Å². The Morgan fingerprint density at radius 2 is 2.05 bits per heavy atom. The molecule has 21 heavy (non-hydrogen) atoms. The highest BCUT2D eigenvalue weighted by Crippen LogP contribution is 2.30. The van der Waals surface area contributed by atoms with Gasteiger partial charge in [-0.1, -0.05) is 13.8 Å². The molecule has 0 spiro atoms. The van der Waals surface area contributed by atoms with Gasteiger partial charge in [-0.15, -0.1) is 0 Å². The van der Waals surface area contributed by atoms with E-state index >= 15 is 0 Å². The van der Waals surface area contributed by atoms with Crippen LogP contribution < -0.4 is 10.1 Å². The van der Waals surface area contributed by atoms with Crippen LogP contribution in [0.25, 0.3) is 0 Å². The number of nitrogens with zero attached hydrogens (tertiary/aromatic N) is 1. The smallest absolute Gasteiger partial charge is 0.270 e. The SMILES string of the molecule is CCNCc1cc([N+](=O)[O-])ccc1OC1CCC(C)CC1. The Hall–Kier alpha value is -1.62. The molecule has 0 unspecified atom stereocenters. The van der Waals surface area contributed by atoms with Gasteiger partial charge in [0.05, 0.1) is 11.0 Å². The van der Waals surface area contributed by atoms with Crippen LogP contribution in [0.4, 0.5) is 5.69 Å². The van der Waals surface area contributed by atoms with E-state index in [0.29, 0.717) is 6.54 Å². The van der Waals surface area contributed by atoms with Gasteiger partial charge in [0.2, 0.25) is 0 Å². The largest absolute Gasteiger partial charge is 0.490 e. The van der Waals surface area contributed by atoms with Crippen molar-refractivity contribution in [2.45, 2.75) is 52.2 Å². The van der Waals surface area contributed by atoms with Crippen molar-refractivity contribution in [1.29, 1.82) is 0 Å². The van der Waals surface area contributed by atoms with Gasteiger partial charge in [-0.05, 0) is 44.2 Å². The van der Waals surface area contributed by atoms with Gasteiger partial charge in [0.1, 0.15) is 5.75 Å². The first-order chi connectivity index (χ1) is 10.1. The zero-order valence-electron chi connectivity index (χ0n) is 12.8. The van der Waals surface area contributed by atoms with Crippen LogP contribution in [0.2, 0.25) is 0 Å². The molecule has 0 radical (unpaired) electrons. The van der Waals surface area contributed by atoms with E-state index in [1.54, 1.807) is 12.1 Å². The molecule has 0 amide bonds. The minimum atomic E-state index is -0.360. The molecule has 116 valence electrons. The maximum atomic E-state index is 10.9. The number of nitro groups is 1. The zero-order chi connectivity index (χ0) is 15.2. The van der Waals surface area contributed by atoms with Gasteiger partial charge in [-0.2, -0.15) is 0 Å². The van der Waals surface area contributed by atoms with Gasteiger partial charge >= 0.3 is 0 Å². The van der Waals surface area contributed by atoms with Crippen LogP contribution in [0, 0.1) is 16.0 Å². The predicted molar refractivity (Wildman–Crippen MR) is 82.5 cm³/mol. The van der Waals surface area contributed by atoms with E-state index in [1.807, 2.05) is 6.92 Å². The number of non-ortho nitro benzene ring substituents is 1. The van der Waals surface area contributed by atoms with Crippen molar-refractivity contribution in [2.75, 3.05) is 6.54 Å². The number of nitrogens with one attached hydrogen (secondary N) is 1.